The predicted molar refractivity (Wildman–Crippen MR) is 64.0 cm³/mol. The monoisotopic (exact) mass is 229 g/mol. The summed E-state index contributed by atoms with van der Waals surface area (Å²) < 4.78 is 5.25. The van der Waals surface area contributed by atoms with E-state index in [1.807, 2.05) is 6.07 Å². The van der Waals surface area contributed by atoms with Crippen molar-refractivity contribution in [3.8, 4) is 0 Å². The van der Waals surface area contributed by atoms with E-state index in [0.717, 1.165) is 18.8 Å². The van der Waals surface area contributed by atoms with Crippen LogP contribution >= 0.6 is 11.6 Å². The Morgan fingerprint density at radius 3 is 2.53 bits per heavy atom. The molecule has 0 aliphatic carbocycles. The molecule has 0 fully saturated rings. The van der Waals surface area contributed by atoms with Gasteiger partial charge in [0.25, 0.3) is 0 Å². The molecule has 15 heavy (non-hydrogen) atoms. The summed E-state index contributed by atoms with van der Waals surface area (Å²) in [5.74, 6) is 1.52. The molecule has 3 heteroatoms. The molecule has 1 atom stereocenters. The second-order valence-electron chi connectivity index (χ2n) is 5.10. The first-order chi connectivity index (χ1) is 6.89. The summed E-state index contributed by atoms with van der Waals surface area (Å²) in [6.45, 7) is 10.7. The van der Waals surface area contributed by atoms with Crippen molar-refractivity contribution in [1.82, 2.24) is 5.32 Å². The second-order valence-corrected chi connectivity index (χ2v) is 5.48. The van der Waals surface area contributed by atoms with Gasteiger partial charge in [0.15, 0.2) is 5.22 Å². The van der Waals surface area contributed by atoms with Gasteiger partial charge in [-0.05, 0) is 41.6 Å². The Bertz CT molecular complexity index is 301. The minimum atomic E-state index is 0.341. The van der Waals surface area contributed by atoms with Gasteiger partial charge in [-0.25, -0.2) is 0 Å². The van der Waals surface area contributed by atoms with Gasteiger partial charge in [-0.15, -0.1) is 0 Å². The topological polar surface area (TPSA) is 25.2 Å². The molecule has 1 rings (SSSR count). The van der Waals surface area contributed by atoms with Crippen molar-refractivity contribution in [1.29, 1.82) is 0 Å². The molecule has 0 aliphatic heterocycles. The van der Waals surface area contributed by atoms with Crippen LogP contribution in [-0.2, 0) is 6.54 Å². The first-order valence-corrected chi connectivity index (χ1v) is 5.72. The minimum Gasteiger partial charge on any atom is -0.448 e. The number of hydrogen-bond donors (Lipinski definition) is 1. The Morgan fingerprint density at radius 1 is 1.40 bits per heavy atom. The predicted octanol–water partition coefficient (Wildman–Crippen LogP) is 3.70. The third kappa shape index (κ3) is 4.27. The SMILES string of the molecule is CC(CNCc1ccc(Cl)o1)C(C)(C)C. The van der Waals surface area contributed by atoms with Crippen LogP contribution in [-0.4, -0.2) is 6.54 Å². The Hall–Kier alpha value is -0.470. The lowest BCUT2D eigenvalue weighted by Gasteiger charge is -2.27. The zero-order chi connectivity index (χ0) is 11.5. The Kier molecular flexibility index (Phi) is 4.23. The first-order valence-electron chi connectivity index (χ1n) is 5.34. The third-order valence-corrected chi connectivity index (χ3v) is 3.06. The lowest BCUT2D eigenvalue weighted by molar-refractivity contribution is 0.250. The Morgan fingerprint density at radius 2 is 2.07 bits per heavy atom. The van der Waals surface area contributed by atoms with E-state index in [9.17, 15) is 0 Å². The summed E-state index contributed by atoms with van der Waals surface area (Å²) in [4.78, 5) is 0. The van der Waals surface area contributed by atoms with E-state index in [1.165, 1.54) is 0 Å². The highest BCUT2D eigenvalue weighted by Crippen LogP contribution is 2.24. The molecule has 0 saturated carbocycles. The molecule has 86 valence electrons. The molecule has 1 heterocycles. The van der Waals surface area contributed by atoms with Crippen molar-refractivity contribution < 1.29 is 4.42 Å². The molecule has 2 nitrogen and oxygen atoms in total. The van der Waals surface area contributed by atoms with Crippen LogP contribution in [0, 0.1) is 11.3 Å². The fraction of sp³-hybridized carbons (Fsp3) is 0.667. The number of rotatable bonds is 4. The Balaban J connectivity index is 2.28. The fourth-order valence-corrected chi connectivity index (χ4v) is 1.33. The maximum atomic E-state index is 5.68. The maximum Gasteiger partial charge on any atom is 0.193 e. The van der Waals surface area contributed by atoms with Gasteiger partial charge < -0.3 is 9.73 Å². The van der Waals surface area contributed by atoms with Crippen LogP contribution in [0.4, 0.5) is 0 Å². The molecule has 0 radical (unpaired) electrons. The van der Waals surface area contributed by atoms with Gasteiger partial charge >= 0.3 is 0 Å². The molecular weight excluding hydrogens is 210 g/mol. The van der Waals surface area contributed by atoms with Crippen LogP contribution in [0.2, 0.25) is 5.22 Å². The average Bonchev–Trinajstić information content (AvgIpc) is 2.49. The van der Waals surface area contributed by atoms with Crippen LogP contribution < -0.4 is 5.32 Å². The van der Waals surface area contributed by atoms with E-state index in [2.05, 4.69) is 33.0 Å². The van der Waals surface area contributed by atoms with Gasteiger partial charge in [0.1, 0.15) is 5.76 Å². The van der Waals surface area contributed by atoms with E-state index in [-0.39, 0.29) is 0 Å². The van der Waals surface area contributed by atoms with E-state index in [1.54, 1.807) is 6.07 Å². The summed E-state index contributed by atoms with van der Waals surface area (Å²) in [6.07, 6.45) is 0. The first kappa shape index (κ1) is 12.6. The van der Waals surface area contributed by atoms with Gasteiger partial charge in [-0.2, -0.15) is 0 Å². The zero-order valence-electron chi connectivity index (χ0n) is 9.93. The molecule has 0 aromatic carbocycles. The van der Waals surface area contributed by atoms with E-state index >= 15 is 0 Å². The standard InChI is InChI=1S/C12H20ClNO/c1-9(12(2,3)4)7-14-8-10-5-6-11(13)15-10/h5-6,9,14H,7-8H2,1-4H3. The smallest absolute Gasteiger partial charge is 0.193 e. The van der Waals surface area contributed by atoms with E-state index in [4.69, 9.17) is 16.0 Å². The lowest BCUT2D eigenvalue weighted by atomic mass is 9.82. The number of furan rings is 1. The highest BCUT2D eigenvalue weighted by atomic mass is 35.5. The second kappa shape index (κ2) is 5.04. The van der Waals surface area contributed by atoms with Crippen molar-refractivity contribution >= 4 is 11.6 Å². The van der Waals surface area contributed by atoms with Crippen molar-refractivity contribution in [2.24, 2.45) is 11.3 Å². The largest absolute Gasteiger partial charge is 0.448 e. The van der Waals surface area contributed by atoms with Crippen molar-refractivity contribution in [3.63, 3.8) is 0 Å². The molecule has 0 spiro atoms. The Labute approximate surface area is 97.0 Å². The van der Waals surface area contributed by atoms with E-state index in [0.29, 0.717) is 16.6 Å². The van der Waals surface area contributed by atoms with Crippen LogP contribution in [0.1, 0.15) is 33.5 Å². The van der Waals surface area contributed by atoms with Crippen molar-refractivity contribution in [2.45, 2.75) is 34.2 Å². The van der Waals surface area contributed by atoms with Crippen LogP contribution in [0.3, 0.4) is 0 Å². The van der Waals surface area contributed by atoms with Crippen molar-refractivity contribution in [3.05, 3.63) is 23.1 Å². The number of hydrogen-bond acceptors (Lipinski definition) is 2. The van der Waals surface area contributed by atoms with Crippen molar-refractivity contribution in [2.75, 3.05) is 6.54 Å². The summed E-state index contributed by atoms with van der Waals surface area (Å²) in [5, 5.41) is 3.82. The molecule has 1 unspecified atom stereocenters. The van der Waals surface area contributed by atoms with E-state index < -0.39 is 0 Å². The molecule has 0 amide bonds. The van der Waals surface area contributed by atoms with Gasteiger partial charge in [-0.3, -0.25) is 0 Å². The number of halogens is 1. The van der Waals surface area contributed by atoms with Gasteiger partial charge in [0, 0.05) is 0 Å². The molecular formula is C12H20ClNO. The summed E-state index contributed by atoms with van der Waals surface area (Å²) in [6, 6.07) is 3.67. The van der Waals surface area contributed by atoms with Crippen LogP contribution in [0.25, 0.3) is 0 Å². The highest BCUT2D eigenvalue weighted by Gasteiger charge is 2.19. The molecule has 1 N–H and O–H groups in total. The fourth-order valence-electron chi connectivity index (χ4n) is 1.16. The van der Waals surface area contributed by atoms with Crippen LogP contribution in [0.5, 0.6) is 0 Å². The summed E-state index contributed by atoms with van der Waals surface area (Å²) in [7, 11) is 0. The average molecular weight is 230 g/mol. The normalized spacial score (nSPS) is 14.2. The molecule has 1 aromatic heterocycles. The number of nitrogens with one attached hydrogen (secondary N) is 1. The summed E-state index contributed by atoms with van der Waals surface area (Å²) >= 11 is 5.68. The van der Waals surface area contributed by atoms with Gasteiger partial charge in [0.2, 0.25) is 0 Å². The molecule has 0 bridgehead atoms. The molecule has 0 aliphatic rings. The summed E-state index contributed by atoms with van der Waals surface area (Å²) in [5.41, 5.74) is 0.341. The third-order valence-electron chi connectivity index (χ3n) is 2.86. The molecule has 0 saturated heterocycles. The van der Waals surface area contributed by atoms with Gasteiger partial charge in [0.05, 0.1) is 6.54 Å². The molecule has 1 aromatic rings. The lowest BCUT2D eigenvalue weighted by Crippen LogP contribution is -2.29. The zero-order valence-corrected chi connectivity index (χ0v) is 10.7. The maximum absolute atomic E-state index is 5.68. The van der Waals surface area contributed by atoms with Crippen LogP contribution in [0.15, 0.2) is 16.5 Å². The van der Waals surface area contributed by atoms with Gasteiger partial charge in [-0.1, -0.05) is 27.7 Å². The highest BCUT2D eigenvalue weighted by molar-refractivity contribution is 6.28. The minimum absolute atomic E-state index is 0.341. The quantitative estimate of drug-likeness (QED) is 0.852.